The van der Waals surface area contributed by atoms with Crippen molar-refractivity contribution >= 4 is 61.0 Å². The van der Waals surface area contributed by atoms with Crippen LogP contribution in [0.3, 0.4) is 0 Å². The van der Waals surface area contributed by atoms with Gasteiger partial charge >= 0.3 is 0 Å². The molecule has 0 bridgehead atoms. The predicted octanol–water partition coefficient (Wildman–Crippen LogP) is 3.38. The van der Waals surface area contributed by atoms with Gasteiger partial charge in [0, 0.05) is 5.39 Å². The van der Waals surface area contributed by atoms with Gasteiger partial charge in [0.15, 0.2) is 6.29 Å². The monoisotopic (exact) mass is 294 g/mol. The molecule has 2 rings (SSSR count). The molecule has 0 N–H and O–H groups in total. The number of carbonyl (C=O) groups excluding carboxylic acids is 1. The summed E-state index contributed by atoms with van der Waals surface area (Å²) in [4.78, 5) is 11.2. The van der Waals surface area contributed by atoms with E-state index in [-0.39, 0.29) is 0 Å². The van der Waals surface area contributed by atoms with Crippen molar-refractivity contribution in [1.29, 1.82) is 0 Å². The molecule has 2 heterocycles. The molecule has 0 aliphatic heterocycles. The van der Waals surface area contributed by atoms with Crippen LogP contribution in [0.25, 0.3) is 9.40 Å². The summed E-state index contributed by atoms with van der Waals surface area (Å²) in [6.45, 7) is 0. The first kappa shape index (κ1) is 7.70. The van der Waals surface area contributed by atoms with E-state index in [1.165, 1.54) is 12.3 Å². The minimum absolute atomic E-state index is 0.822. The van der Waals surface area contributed by atoms with Crippen molar-refractivity contribution in [2.24, 2.45) is 0 Å². The van der Waals surface area contributed by atoms with Crippen LogP contribution < -0.4 is 0 Å². The Labute approximate surface area is 85.2 Å². The summed E-state index contributed by atoms with van der Waals surface area (Å²) in [7, 11) is 0. The van der Waals surface area contributed by atoms with Crippen molar-refractivity contribution in [3.8, 4) is 0 Å². The average Bonchev–Trinajstić information content (AvgIpc) is 2.43. The van der Waals surface area contributed by atoms with Crippen LogP contribution >= 0.6 is 45.3 Å². The summed E-state index contributed by atoms with van der Waals surface area (Å²) in [5.41, 5.74) is 0. The second-order valence-corrected chi connectivity index (χ2v) is 6.35. The molecule has 2 aromatic rings. The Morgan fingerprint density at radius 3 is 2.82 bits per heavy atom. The maximum Gasteiger partial charge on any atom is 0.160 e. The zero-order chi connectivity index (χ0) is 7.84. The Balaban J connectivity index is 2.72. The van der Waals surface area contributed by atoms with E-state index in [2.05, 4.69) is 28.7 Å². The Morgan fingerprint density at radius 1 is 1.36 bits per heavy atom. The van der Waals surface area contributed by atoms with Crippen LogP contribution in [0, 0.1) is 2.88 Å². The highest BCUT2D eigenvalue weighted by molar-refractivity contribution is 14.1. The van der Waals surface area contributed by atoms with E-state index >= 15 is 0 Å². The van der Waals surface area contributed by atoms with E-state index in [4.69, 9.17) is 0 Å². The molecule has 11 heavy (non-hydrogen) atoms. The van der Waals surface area contributed by atoms with Gasteiger partial charge in [0.25, 0.3) is 0 Å². The Bertz CT molecular complexity index is 370. The second-order valence-electron chi connectivity index (χ2n) is 2.06. The number of hydrogen-bond donors (Lipinski definition) is 0. The Morgan fingerprint density at radius 2 is 2.18 bits per heavy atom. The molecule has 4 heteroatoms. The summed E-state index contributed by atoms with van der Waals surface area (Å²) in [5.74, 6) is 0. The van der Waals surface area contributed by atoms with Gasteiger partial charge in [0.2, 0.25) is 0 Å². The number of thiophene rings is 2. The molecule has 0 unspecified atom stereocenters. The van der Waals surface area contributed by atoms with Crippen molar-refractivity contribution in [2.45, 2.75) is 0 Å². The number of carbonyl (C=O) groups is 1. The fourth-order valence-corrected chi connectivity index (χ4v) is 4.34. The molecular formula is C7H3IOS2. The molecular weight excluding hydrogens is 291 g/mol. The van der Waals surface area contributed by atoms with Crippen molar-refractivity contribution in [2.75, 3.05) is 0 Å². The minimum Gasteiger partial charge on any atom is -0.297 e. The van der Waals surface area contributed by atoms with Crippen LogP contribution in [-0.2, 0) is 0 Å². The molecule has 0 radical (unpaired) electrons. The summed E-state index contributed by atoms with van der Waals surface area (Å²) < 4.78 is 2.53. The predicted molar refractivity (Wildman–Crippen MR) is 57.8 cm³/mol. The quantitative estimate of drug-likeness (QED) is 0.582. The molecule has 0 aliphatic carbocycles. The number of aldehydes is 1. The molecule has 0 fully saturated rings. The largest absolute Gasteiger partial charge is 0.297 e. The third-order valence-corrected chi connectivity index (χ3v) is 4.40. The van der Waals surface area contributed by atoms with Crippen LogP contribution in [0.2, 0.25) is 0 Å². The molecule has 0 atom stereocenters. The van der Waals surface area contributed by atoms with Gasteiger partial charge in [-0.05, 0) is 34.7 Å². The summed E-state index contributed by atoms with van der Waals surface area (Å²) in [6.07, 6.45) is 0.907. The van der Waals surface area contributed by atoms with Crippen LogP contribution in [0.1, 0.15) is 9.67 Å². The molecule has 1 nitrogen and oxygen atoms in total. The topological polar surface area (TPSA) is 17.1 Å². The third kappa shape index (κ3) is 1.34. The van der Waals surface area contributed by atoms with Crippen LogP contribution in [-0.4, -0.2) is 6.29 Å². The number of hydrogen-bond acceptors (Lipinski definition) is 3. The van der Waals surface area contributed by atoms with Gasteiger partial charge in [-0.3, -0.25) is 4.79 Å². The van der Waals surface area contributed by atoms with Gasteiger partial charge in [0.05, 0.1) is 11.8 Å². The lowest BCUT2D eigenvalue weighted by Crippen LogP contribution is -1.63. The molecule has 0 saturated heterocycles. The lowest BCUT2D eigenvalue weighted by atomic mass is 10.4. The second kappa shape index (κ2) is 2.84. The van der Waals surface area contributed by atoms with Crippen molar-refractivity contribution in [3.63, 3.8) is 0 Å². The van der Waals surface area contributed by atoms with Crippen molar-refractivity contribution in [1.82, 2.24) is 0 Å². The maximum absolute atomic E-state index is 10.4. The van der Waals surface area contributed by atoms with Gasteiger partial charge in [-0.2, -0.15) is 0 Å². The molecule has 0 amide bonds. The normalized spacial score (nSPS) is 10.6. The maximum atomic E-state index is 10.4. The van der Waals surface area contributed by atoms with Gasteiger partial charge in [-0.15, -0.1) is 22.7 Å². The van der Waals surface area contributed by atoms with Crippen LogP contribution in [0.15, 0.2) is 12.1 Å². The minimum atomic E-state index is 0.822. The third-order valence-electron chi connectivity index (χ3n) is 1.32. The molecule has 0 saturated carbocycles. The zero-order valence-corrected chi connectivity index (χ0v) is 9.13. The van der Waals surface area contributed by atoms with E-state index in [9.17, 15) is 4.79 Å². The highest BCUT2D eigenvalue weighted by Gasteiger charge is 2.03. The highest BCUT2D eigenvalue weighted by atomic mass is 127. The number of fused-ring (bicyclic) bond motifs is 1. The Hall–Kier alpha value is 0.0600. The van der Waals surface area contributed by atoms with Crippen molar-refractivity contribution < 1.29 is 4.79 Å². The Kier molecular flexibility index (Phi) is 1.98. The van der Waals surface area contributed by atoms with Gasteiger partial charge in [-0.1, -0.05) is 0 Å². The molecule has 0 aliphatic rings. The van der Waals surface area contributed by atoms with E-state index < -0.39 is 0 Å². The summed E-state index contributed by atoms with van der Waals surface area (Å²) in [6, 6.07) is 4.04. The summed E-state index contributed by atoms with van der Waals surface area (Å²) >= 11 is 5.59. The number of halogens is 1. The lowest BCUT2D eigenvalue weighted by Gasteiger charge is -1.73. The first-order valence-corrected chi connectivity index (χ1v) is 5.65. The molecule has 56 valence electrons. The van der Waals surface area contributed by atoms with Gasteiger partial charge < -0.3 is 0 Å². The van der Waals surface area contributed by atoms with Gasteiger partial charge in [-0.25, -0.2) is 0 Å². The van der Waals surface area contributed by atoms with E-state index in [0.717, 1.165) is 11.2 Å². The summed E-state index contributed by atoms with van der Waals surface area (Å²) in [5, 5.41) is 1.20. The smallest absolute Gasteiger partial charge is 0.160 e. The fraction of sp³-hybridized carbons (Fsp3) is 0. The van der Waals surface area contributed by atoms with E-state index in [0.29, 0.717) is 0 Å². The standard InChI is InChI=1S/C7H3IOS2/c8-6-2-4-1-5(3-9)10-7(4)11-6/h1-3H. The van der Waals surface area contributed by atoms with Crippen LogP contribution in [0.4, 0.5) is 0 Å². The first-order valence-electron chi connectivity index (χ1n) is 2.93. The van der Waals surface area contributed by atoms with E-state index in [1.807, 2.05) is 6.07 Å². The lowest BCUT2D eigenvalue weighted by molar-refractivity contribution is 0.112. The molecule has 0 aromatic carbocycles. The fourth-order valence-electron chi connectivity index (χ4n) is 0.886. The van der Waals surface area contributed by atoms with Crippen LogP contribution in [0.5, 0.6) is 0 Å². The van der Waals surface area contributed by atoms with E-state index in [1.54, 1.807) is 22.7 Å². The van der Waals surface area contributed by atoms with Crippen molar-refractivity contribution in [3.05, 3.63) is 19.9 Å². The molecule has 0 spiro atoms. The molecule has 2 aromatic heterocycles. The average molecular weight is 294 g/mol. The SMILES string of the molecule is O=Cc1cc2cc(I)sc2s1. The zero-order valence-electron chi connectivity index (χ0n) is 5.33. The van der Waals surface area contributed by atoms with Gasteiger partial charge in [0.1, 0.15) is 0 Å². The number of rotatable bonds is 1. The highest BCUT2D eigenvalue weighted by Crippen LogP contribution is 2.33. The first-order chi connectivity index (χ1) is 5.29.